The number of nitrogens with zero attached hydrogens (tertiary/aromatic N) is 2. The van der Waals surface area contributed by atoms with E-state index in [2.05, 4.69) is 21.2 Å². The maximum atomic E-state index is 13.3. The number of urea groups is 1. The molecule has 0 saturated carbocycles. The number of hydrogen-bond acceptors (Lipinski definition) is 4. The SMILES string of the molecule is COc1cc2c(cc1OC)C1=NN(C(=O)Nc3ccc(Br)cc3)C(c3ccccc3)C1C2. The van der Waals surface area contributed by atoms with Crippen LogP contribution in [0, 0.1) is 5.92 Å². The molecule has 162 valence electrons. The molecule has 1 N–H and O–H groups in total. The predicted molar refractivity (Wildman–Crippen MR) is 127 cm³/mol. The van der Waals surface area contributed by atoms with Gasteiger partial charge in [0.15, 0.2) is 11.5 Å². The number of hydrogen-bond donors (Lipinski definition) is 1. The smallest absolute Gasteiger partial charge is 0.342 e. The molecule has 0 spiro atoms. The fraction of sp³-hybridized carbons (Fsp3) is 0.200. The number of nitrogens with one attached hydrogen (secondary N) is 1. The van der Waals surface area contributed by atoms with Crippen LogP contribution < -0.4 is 14.8 Å². The molecule has 1 aliphatic heterocycles. The van der Waals surface area contributed by atoms with Crippen molar-refractivity contribution < 1.29 is 14.3 Å². The van der Waals surface area contributed by atoms with E-state index >= 15 is 0 Å². The van der Waals surface area contributed by atoms with Crippen molar-refractivity contribution in [3.8, 4) is 11.5 Å². The van der Waals surface area contributed by atoms with Gasteiger partial charge in [-0.25, -0.2) is 9.80 Å². The van der Waals surface area contributed by atoms with Crippen LogP contribution in [0.4, 0.5) is 10.5 Å². The highest BCUT2D eigenvalue weighted by atomic mass is 79.9. The first-order chi connectivity index (χ1) is 15.6. The number of hydrazone groups is 1. The van der Waals surface area contributed by atoms with Gasteiger partial charge in [0, 0.05) is 21.6 Å². The van der Waals surface area contributed by atoms with Crippen molar-refractivity contribution in [3.63, 3.8) is 0 Å². The van der Waals surface area contributed by atoms with Gasteiger partial charge < -0.3 is 14.8 Å². The zero-order valence-electron chi connectivity index (χ0n) is 17.7. The van der Waals surface area contributed by atoms with Gasteiger partial charge in [-0.2, -0.15) is 5.10 Å². The fourth-order valence-corrected chi connectivity index (χ4v) is 4.77. The summed E-state index contributed by atoms with van der Waals surface area (Å²) in [6, 6.07) is 21.1. The zero-order valence-corrected chi connectivity index (χ0v) is 19.3. The number of amides is 2. The standard InChI is InChI=1S/C25H22BrN3O3/c1-31-21-13-16-12-20-23(19(16)14-22(21)32-2)28-29(24(20)15-6-4-3-5-7-15)25(30)27-18-10-8-17(26)9-11-18/h3-11,13-14,20,24H,12H2,1-2H3,(H,27,30). The van der Waals surface area contributed by atoms with Gasteiger partial charge in [-0.15, -0.1) is 0 Å². The molecule has 5 rings (SSSR count). The Bertz CT molecular complexity index is 1200. The summed E-state index contributed by atoms with van der Waals surface area (Å²) in [7, 11) is 3.26. The second kappa shape index (κ2) is 8.31. The third kappa shape index (κ3) is 3.52. The van der Waals surface area contributed by atoms with Crippen molar-refractivity contribution in [2.45, 2.75) is 12.5 Å². The largest absolute Gasteiger partial charge is 0.493 e. The summed E-state index contributed by atoms with van der Waals surface area (Å²) in [6.45, 7) is 0. The number of ether oxygens (including phenoxy) is 2. The van der Waals surface area contributed by atoms with Crippen molar-refractivity contribution in [1.82, 2.24) is 5.01 Å². The van der Waals surface area contributed by atoms with Crippen LogP contribution in [0.1, 0.15) is 22.7 Å². The van der Waals surface area contributed by atoms with E-state index in [1.165, 1.54) is 0 Å². The lowest BCUT2D eigenvalue weighted by Crippen LogP contribution is -2.34. The van der Waals surface area contributed by atoms with E-state index in [0.717, 1.165) is 33.3 Å². The number of fused-ring (bicyclic) bond motifs is 3. The van der Waals surface area contributed by atoms with Gasteiger partial charge in [0.2, 0.25) is 0 Å². The summed E-state index contributed by atoms with van der Waals surface area (Å²) >= 11 is 3.42. The monoisotopic (exact) mass is 491 g/mol. The normalized spacial score (nSPS) is 18.6. The Morgan fingerprint density at radius 1 is 1.03 bits per heavy atom. The number of carbonyl (C=O) groups excluding carboxylic acids is 1. The predicted octanol–water partition coefficient (Wildman–Crippen LogP) is 5.63. The Labute approximate surface area is 195 Å². The number of halogens is 1. The van der Waals surface area contributed by atoms with Gasteiger partial charge in [-0.3, -0.25) is 0 Å². The molecule has 0 bridgehead atoms. The number of rotatable bonds is 4. The second-order valence-corrected chi connectivity index (χ2v) is 8.71. The lowest BCUT2D eigenvalue weighted by Gasteiger charge is -2.26. The first-order valence-corrected chi connectivity index (χ1v) is 11.1. The quantitative estimate of drug-likeness (QED) is 0.514. The van der Waals surface area contributed by atoms with Gasteiger partial charge >= 0.3 is 6.03 Å². The molecule has 1 aliphatic carbocycles. The third-order valence-corrected chi connectivity index (χ3v) is 6.51. The molecular formula is C25H22BrN3O3. The van der Waals surface area contributed by atoms with Gasteiger partial charge in [0.25, 0.3) is 0 Å². The van der Waals surface area contributed by atoms with E-state index < -0.39 is 0 Å². The minimum Gasteiger partial charge on any atom is -0.493 e. The highest BCUT2D eigenvalue weighted by Gasteiger charge is 2.46. The fourth-order valence-electron chi connectivity index (χ4n) is 4.51. The van der Waals surface area contributed by atoms with Crippen molar-refractivity contribution in [2.75, 3.05) is 19.5 Å². The molecule has 0 radical (unpaired) electrons. The second-order valence-electron chi connectivity index (χ2n) is 7.80. The van der Waals surface area contributed by atoms with Crippen LogP contribution in [0.15, 0.2) is 76.3 Å². The van der Waals surface area contributed by atoms with E-state index in [0.29, 0.717) is 17.2 Å². The first-order valence-electron chi connectivity index (χ1n) is 10.3. The maximum Gasteiger partial charge on any atom is 0.342 e. The molecule has 1 heterocycles. The molecule has 0 fully saturated rings. The van der Waals surface area contributed by atoms with Crippen LogP contribution in [0.5, 0.6) is 11.5 Å². The number of benzene rings is 3. The average molecular weight is 492 g/mol. The Morgan fingerprint density at radius 2 is 1.72 bits per heavy atom. The molecule has 0 saturated heterocycles. The molecule has 2 amide bonds. The van der Waals surface area contributed by atoms with Gasteiger partial charge in [0.1, 0.15) is 0 Å². The van der Waals surface area contributed by atoms with Crippen LogP contribution in [-0.4, -0.2) is 31.0 Å². The van der Waals surface area contributed by atoms with Crippen LogP contribution in [-0.2, 0) is 6.42 Å². The summed E-state index contributed by atoms with van der Waals surface area (Å²) in [4.78, 5) is 13.3. The van der Waals surface area contributed by atoms with Crippen LogP contribution in [0.2, 0.25) is 0 Å². The van der Waals surface area contributed by atoms with Crippen LogP contribution in [0.25, 0.3) is 0 Å². The molecule has 3 aromatic carbocycles. The number of anilines is 1. The Kier molecular flexibility index (Phi) is 5.35. The number of carbonyl (C=O) groups is 1. The van der Waals surface area contributed by atoms with Gasteiger partial charge in [-0.05, 0) is 53.9 Å². The summed E-state index contributed by atoms with van der Waals surface area (Å²) in [6.07, 6.45) is 0.774. The summed E-state index contributed by atoms with van der Waals surface area (Å²) < 4.78 is 11.9. The summed E-state index contributed by atoms with van der Waals surface area (Å²) in [5.74, 6) is 1.41. The van der Waals surface area contributed by atoms with Crippen molar-refractivity contribution in [2.24, 2.45) is 11.0 Å². The van der Waals surface area contributed by atoms with E-state index in [1.54, 1.807) is 19.2 Å². The summed E-state index contributed by atoms with van der Waals surface area (Å²) in [5, 5.41) is 9.39. The zero-order chi connectivity index (χ0) is 22.2. The van der Waals surface area contributed by atoms with E-state index in [-0.39, 0.29) is 18.0 Å². The molecule has 2 aliphatic rings. The van der Waals surface area contributed by atoms with Crippen molar-refractivity contribution >= 4 is 33.4 Å². The first kappa shape index (κ1) is 20.6. The van der Waals surface area contributed by atoms with Crippen molar-refractivity contribution in [3.05, 3.63) is 87.9 Å². The molecule has 6 nitrogen and oxygen atoms in total. The Balaban J connectivity index is 1.54. The molecule has 7 heteroatoms. The van der Waals surface area contributed by atoms with E-state index in [4.69, 9.17) is 14.6 Å². The molecule has 3 aromatic rings. The molecule has 32 heavy (non-hydrogen) atoms. The topological polar surface area (TPSA) is 63.2 Å². The number of methoxy groups -OCH3 is 2. The lowest BCUT2D eigenvalue weighted by molar-refractivity contribution is 0.190. The Hall–Kier alpha value is -3.32. The minimum atomic E-state index is -0.259. The average Bonchev–Trinajstić information content (AvgIpc) is 3.36. The third-order valence-electron chi connectivity index (χ3n) is 5.98. The molecule has 2 unspecified atom stereocenters. The van der Waals surface area contributed by atoms with E-state index in [1.807, 2.05) is 66.7 Å². The van der Waals surface area contributed by atoms with Crippen LogP contribution >= 0.6 is 15.9 Å². The van der Waals surface area contributed by atoms with Crippen LogP contribution in [0.3, 0.4) is 0 Å². The minimum absolute atomic E-state index is 0.0554. The van der Waals surface area contributed by atoms with Gasteiger partial charge in [0.05, 0.1) is 26.0 Å². The highest BCUT2D eigenvalue weighted by molar-refractivity contribution is 9.10. The van der Waals surface area contributed by atoms with Crippen molar-refractivity contribution in [1.29, 1.82) is 0 Å². The molecule has 2 atom stereocenters. The molecular weight excluding hydrogens is 470 g/mol. The summed E-state index contributed by atoms with van der Waals surface area (Å²) in [5.41, 5.74) is 4.83. The maximum absolute atomic E-state index is 13.3. The highest BCUT2D eigenvalue weighted by Crippen LogP contribution is 2.46. The lowest BCUT2D eigenvalue weighted by atomic mass is 9.90. The van der Waals surface area contributed by atoms with Gasteiger partial charge in [-0.1, -0.05) is 46.3 Å². The van der Waals surface area contributed by atoms with E-state index in [9.17, 15) is 4.79 Å². The Morgan fingerprint density at radius 3 is 2.41 bits per heavy atom. The molecule has 0 aromatic heterocycles.